The normalized spacial score (nSPS) is 15.6. The van der Waals surface area contributed by atoms with Gasteiger partial charge in [0.1, 0.15) is 0 Å². The zero-order valence-electron chi connectivity index (χ0n) is 10.9. The average molecular weight is 294 g/mol. The highest BCUT2D eigenvalue weighted by molar-refractivity contribution is 7.92. The minimum Gasteiger partial charge on any atom is -0.612 e. The Bertz CT molecular complexity index is 459. The molecule has 20 heavy (non-hydrogen) atoms. The second-order valence-electron chi connectivity index (χ2n) is 4.53. The van der Waals surface area contributed by atoms with E-state index in [1.165, 1.54) is 0 Å². The van der Waals surface area contributed by atoms with Crippen LogP contribution in [0.5, 0.6) is 0 Å². The van der Waals surface area contributed by atoms with Crippen molar-refractivity contribution in [1.29, 1.82) is 0 Å². The van der Waals surface area contributed by atoms with Crippen LogP contribution in [0.4, 0.5) is 8.78 Å². The minimum absolute atomic E-state index is 0.0251. The highest BCUT2D eigenvalue weighted by Crippen LogP contribution is 2.20. The molecule has 0 heterocycles. The summed E-state index contributed by atoms with van der Waals surface area (Å²) in [7, 11) is 0. The maximum absolute atomic E-state index is 13.9. The van der Waals surface area contributed by atoms with Crippen LogP contribution in [0.25, 0.3) is 0 Å². The summed E-state index contributed by atoms with van der Waals surface area (Å²) in [6.07, 6.45) is -0.0503. The van der Waals surface area contributed by atoms with Crippen molar-refractivity contribution < 1.29 is 13.3 Å². The Morgan fingerprint density at radius 1 is 0.750 bits per heavy atom. The molecule has 0 N–H and O–H groups in total. The SMILES string of the molecule is [O-][S+](C(F)Cc1ccccc1)C(F)Cc1ccccc1. The Morgan fingerprint density at radius 3 is 1.45 bits per heavy atom. The predicted molar refractivity (Wildman–Crippen MR) is 78.2 cm³/mol. The van der Waals surface area contributed by atoms with E-state index in [0.717, 1.165) is 11.1 Å². The smallest absolute Gasteiger partial charge is 0.259 e. The van der Waals surface area contributed by atoms with Crippen LogP contribution >= 0.6 is 0 Å². The van der Waals surface area contributed by atoms with Gasteiger partial charge in [-0.2, -0.15) is 8.78 Å². The lowest BCUT2D eigenvalue weighted by atomic mass is 10.2. The van der Waals surface area contributed by atoms with E-state index in [0.29, 0.717) is 0 Å². The van der Waals surface area contributed by atoms with Crippen LogP contribution in [0, 0.1) is 0 Å². The van der Waals surface area contributed by atoms with E-state index in [2.05, 4.69) is 0 Å². The molecule has 0 aromatic heterocycles. The molecule has 0 saturated carbocycles. The van der Waals surface area contributed by atoms with Gasteiger partial charge in [0.05, 0.1) is 12.8 Å². The third-order valence-corrected chi connectivity index (χ3v) is 4.32. The second kappa shape index (κ2) is 7.41. The molecule has 2 aromatic rings. The fourth-order valence-electron chi connectivity index (χ4n) is 1.92. The molecular weight excluding hydrogens is 278 g/mol. The van der Waals surface area contributed by atoms with Crippen molar-refractivity contribution in [3.05, 3.63) is 71.8 Å². The standard InChI is InChI=1S/C16H16F2OS/c17-15(11-13-7-3-1-4-8-13)20(19)16(18)12-14-9-5-2-6-10-14/h1-10,15-16H,11-12H2. The summed E-state index contributed by atoms with van der Waals surface area (Å²) in [6, 6.07) is 17.7. The number of rotatable bonds is 6. The summed E-state index contributed by atoms with van der Waals surface area (Å²) in [5.74, 6) is 0. The predicted octanol–water partition coefficient (Wildman–Crippen LogP) is 3.81. The molecule has 0 amide bonds. The first-order valence-electron chi connectivity index (χ1n) is 6.42. The molecule has 2 rings (SSSR count). The van der Waals surface area contributed by atoms with Gasteiger partial charge in [0, 0.05) is 11.2 Å². The number of alkyl halides is 2. The van der Waals surface area contributed by atoms with Gasteiger partial charge in [-0.25, -0.2) is 0 Å². The fraction of sp³-hybridized carbons (Fsp3) is 0.250. The maximum atomic E-state index is 13.9. The van der Waals surface area contributed by atoms with Crippen molar-refractivity contribution in [2.75, 3.05) is 0 Å². The first-order valence-corrected chi connectivity index (χ1v) is 7.70. The molecule has 0 bridgehead atoms. The van der Waals surface area contributed by atoms with Gasteiger partial charge >= 0.3 is 0 Å². The summed E-state index contributed by atoms with van der Waals surface area (Å²) < 4.78 is 39.6. The minimum atomic E-state index is -2.14. The van der Waals surface area contributed by atoms with E-state index in [4.69, 9.17) is 0 Å². The summed E-state index contributed by atoms with van der Waals surface area (Å²) in [6.45, 7) is 0. The molecule has 2 atom stereocenters. The van der Waals surface area contributed by atoms with Crippen molar-refractivity contribution in [1.82, 2.24) is 0 Å². The van der Waals surface area contributed by atoms with Crippen LogP contribution in [0.2, 0.25) is 0 Å². The van der Waals surface area contributed by atoms with Crippen LogP contribution in [0.15, 0.2) is 60.7 Å². The number of benzene rings is 2. The van der Waals surface area contributed by atoms with Crippen LogP contribution in [-0.4, -0.2) is 15.6 Å². The van der Waals surface area contributed by atoms with Gasteiger partial charge in [0.2, 0.25) is 0 Å². The summed E-state index contributed by atoms with van der Waals surface area (Å²) in [4.78, 5) is 0. The van der Waals surface area contributed by atoms with Gasteiger partial charge in [0.15, 0.2) is 0 Å². The summed E-state index contributed by atoms with van der Waals surface area (Å²) in [5, 5.41) is 0. The van der Waals surface area contributed by atoms with E-state index in [-0.39, 0.29) is 12.8 Å². The van der Waals surface area contributed by atoms with Crippen molar-refractivity contribution in [3.63, 3.8) is 0 Å². The molecule has 0 aliphatic carbocycles. The molecule has 0 fully saturated rings. The van der Waals surface area contributed by atoms with E-state index in [9.17, 15) is 13.3 Å². The first kappa shape index (κ1) is 15.0. The second-order valence-corrected chi connectivity index (χ2v) is 6.21. The zero-order chi connectivity index (χ0) is 14.4. The Labute approximate surface area is 120 Å². The molecule has 4 heteroatoms. The largest absolute Gasteiger partial charge is 0.612 e. The van der Waals surface area contributed by atoms with Crippen molar-refractivity contribution in [3.8, 4) is 0 Å². The van der Waals surface area contributed by atoms with E-state index in [1.54, 1.807) is 48.5 Å². The Morgan fingerprint density at radius 2 is 1.10 bits per heavy atom. The van der Waals surface area contributed by atoms with Gasteiger partial charge in [-0.15, -0.1) is 0 Å². The Kier molecular flexibility index (Phi) is 5.56. The quantitative estimate of drug-likeness (QED) is 0.743. The monoisotopic (exact) mass is 294 g/mol. The van der Waals surface area contributed by atoms with Crippen LogP contribution in [-0.2, 0) is 24.0 Å². The maximum Gasteiger partial charge on any atom is 0.259 e. The van der Waals surface area contributed by atoms with E-state index in [1.807, 2.05) is 12.1 Å². The number of hydrogen-bond donors (Lipinski definition) is 0. The van der Waals surface area contributed by atoms with Gasteiger partial charge in [-0.3, -0.25) is 0 Å². The Hall–Kier alpha value is -1.39. The number of hydrogen-bond acceptors (Lipinski definition) is 1. The molecule has 0 aliphatic heterocycles. The highest BCUT2D eigenvalue weighted by atomic mass is 32.2. The molecule has 0 radical (unpaired) electrons. The third kappa shape index (κ3) is 4.32. The number of halogens is 2. The van der Waals surface area contributed by atoms with Gasteiger partial charge in [0.25, 0.3) is 11.0 Å². The molecule has 106 valence electrons. The zero-order valence-corrected chi connectivity index (χ0v) is 11.7. The van der Waals surface area contributed by atoms with Gasteiger partial charge in [-0.1, -0.05) is 60.7 Å². The van der Waals surface area contributed by atoms with Crippen LogP contribution in [0.1, 0.15) is 11.1 Å². The lowest BCUT2D eigenvalue weighted by Gasteiger charge is -2.18. The molecule has 0 aliphatic rings. The summed E-state index contributed by atoms with van der Waals surface area (Å²) >= 11 is -2.14. The third-order valence-electron chi connectivity index (χ3n) is 2.98. The molecular formula is C16H16F2OS. The average Bonchev–Trinajstić information content (AvgIpc) is 2.48. The van der Waals surface area contributed by atoms with Crippen molar-refractivity contribution in [2.45, 2.75) is 23.8 Å². The highest BCUT2D eigenvalue weighted by Gasteiger charge is 2.31. The van der Waals surface area contributed by atoms with Crippen LogP contribution in [0.3, 0.4) is 0 Å². The Balaban J connectivity index is 1.91. The van der Waals surface area contributed by atoms with E-state index < -0.39 is 22.2 Å². The molecule has 0 saturated heterocycles. The molecule has 2 unspecified atom stereocenters. The molecule has 2 aromatic carbocycles. The topological polar surface area (TPSA) is 23.1 Å². The summed E-state index contributed by atoms with van der Waals surface area (Å²) in [5.41, 5.74) is -1.92. The first-order chi connectivity index (χ1) is 9.66. The van der Waals surface area contributed by atoms with Crippen LogP contribution < -0.4 is 0 Å². The lowest BCUT2D eigenvalue weighted by Crippen LogP contribution is -2.29. The molecule has 1 nitrogen and oxygen atoms in total. The van der Waals surface area contributed by atoms with E-state index >= 15 is 0 Å². The van der Waals surface area contributed by atoms with Gasteiger partial charge < -0.3 is 4.55 Å². The van der Waals surface area contributed by atoms with Crippen molar-refractivity contribution in [2.24, 2.45) is 0 Å². The molecule has 0 spiro atoms. The van der Waals surface area contributed by atoms with Crippen molar-refractivity contribution >= 4 is 11.2 Å². The lowest BCUT2D eigenvalue weighted by molar-refractivity contribution is 0.368. The fourth-order valence-corrected chi connectivity index (χ4v) is 2.96. The van der Waals surface area contributed by atoms with Gasteiger partial charge in [-0.05, 0) is 11.1 Å².